The summed E-state index contributed by atoms with van der Waals surface area (Å²) in [5.41, 5.74) is -0.893. The molecule has 0 aromatic heterocycles. The number of carbonyl (C=O) groups excluding carboxylic acids is 2. The zero-order valence-electron chi connectivity index (χ0n) is 15.5. The number of methoxy groups -OCH3 is 1. The summed E-state index contributed by atoms with van der Waals surface area (Å²) in [6, 6.07) is 9.20. The van der Waals surface area contributed by atoms with Gasteiger partial charge in [0.15, 0.2) is 5.79 Å². The molecule has 0 radical (unpaired) electrons. The van der Waals surface area contributed by atoms with E-state index in [0.29, 0.717) is 0 Å². The lowest BCUT2D eigenvalue weighted by atomic mass is 9.89. The SMILES string of the molecule is COC(=O)[C@]1(NC(=O)OCc2ccccc2)N=NC[C@H]1[C@H]1COC(C)(C)O1. The third-order valence-corrected chi connectivity index (χ3v) is 4.52. The van der Waals surface area contributed by atoms with E-state index in [9.17, 15) is 9.59 Å². The summed E-state index contributed by atoms with van der Waals surface area (Å²) in [5, 5.41) is 10.5. The van der Waals surface area contributed by atoms with Gasteiger partial charge in [0.05, 0.1) is 32.3 Å². The van der Waals surface area contributed by atoms with Gasteiger partial charge in [-0.3, -0.25) is 5.32 Å². The summed E-state index contributed by atoms with van der Waals surface area (Å²) in [5.74, 6) is -2.10. The number of rotatable bonds is 5. The number of hydrogen-bond donors (Lipinski definition) is 1. The van der Waals surface area contributed by atoms with Crippen molar-refractivity contribution in [3.63, 3.8) is 0 Å². The number of ether oxygens (including phenoxy) is 4. The van der Waals surface area contributed by atoms with E-state index in [2.05, 4.69) is 15.5 Å². The van der Waals surface area contributed by atoms with E-state index in [0.717, 1.165) is 5.56 Å². The number of nitrogens with one attached hydrogen (secondary N) is 1. The predicted molar refractivity (Wildman–Crippen MR) is 92.6 cm³/mol. The van der Waals surface area contributed by atoms with Gasteiger partial charge < -0.3 is 18.9 Å². The molecule has 9 nitrogen and oxygen atoms in total. The summed E-state index contributed by atoms with van der Waals surface area (Å²) >= 11 is 0. The van der Waals surface area contributed by atoms with E-state index in [-0.39, 0.29) is 19.8 Å². The fraction of sp³-hybridized carbons (Fsp3) is 0.556. The highest BCUT2D eigenvalue weighted by molar-refractivity contribution is 5.86. The van der Waals surface area contributed by atoms with Crippen LogP contribution in [-0.4, -0.2) is 49.9 Å². The van der Waals surface area contributed by atoms with Crippen LogP contribution < -0.4 is 5.32 Å². The van der Waals surface area contributed by atoms with Crippen LogP contribution in [0.5, 0.6) is 0 Å². The molecule has 146 valence electrons. The van der Waals surface area contributed by atoms with Crippen molar-refractivity contribution in [1.29, 1.82) is 0 Å². The molecule has 2 aliphatic rings. The topological polar surface area (TPSA) is 108 Å². The summed E-state index contributed by atoms with van der Waals surface area (Å²) in [6.45, 7) is 4.05. The lowest BCUT2D eigenvalue weighted by Crippen LogP contribution is -2.60. The number of carbonyl (C=O) groups is 2. The van der Waals surface area contributed by atoms with Crippen molar-refractivity contribution in [3.8, 4) is 0 Å². The molecule has 27 heavy (non-hydrogen) atoms. The molecule has 1 N–H and O–H groups in total. The van der Waals surface area contributed by atoms with Crippen molar-refractivity contribution < 1.29 is 28.5 Å². The zero-order valence-corrected chi connectivity index (χ0v) is 15.5. The van der Waals surface area contributed by atoms with Crippen LogP contribution in [0, 0.1) is 5.92 Å². The summed E-state index contributed by atoms with van der Waals surface area (Å²) in [7, 11) is 1.22. The number of amides is 1. The summed E-state index contributed by atoms with van der Waals surface area (Å²) in [4.78, 5) is 24.9. The van der Waals surface area contributed by atoms with Crippen LogP contribution in [0.3, 0.4) is 0 Å². The van der Waals surface area contributed by atoms with Gasteiger partial charge in [0, 0.05) is 0 Å². The molecule has 3 rings (SSSR count). The first-order valence-electron chi connectivity index (χ1n) is 8.64. The number of esters is 1. The van der Waals surface area contributed by atoms with Gasteiger partial charge in [0.2, 0.25) is 0 Å². The Morgan fingerprint density at radius 3 is 2.67 bits per heavy atom. The monoisotopic (exact) mass is 377 g/mol. The Morgan fingerprint density at radius 2 is 2.04 bits per heavy atom. The minimum atomic E-state index is -1.71. The minimum Gasteiger partial charge on any atom is -0.466 e. The average molecular weight is 377 g/mol. The van der Waals surface area contributed by atoms with Crippen LogP contribution in [0.1, 0.15) is 19.4 Å². The molecule has 0 saturated carbocycles. The van der Waals surface area contributed by atoms with E-state index < -0.39 is 35.5 Å². The second-order valence-electron chi connectivity index (χ2n) is 6.84. The maximum Gasteiger partial charge on any atom is 0.409 e. The van der Waals surface area contributed by atoms with Crippen molar-refractivity contribution in [2.75, 3.05) is 20.3 Å². The Morgan fingerprint density at radius 1 is 1.30 bits per heavy atom. The third-order valence-electron chi connectivity index (χ3n) is 4.52. The second kappa shape index (κ2) is 7.61. The van der Waals surface area contributed by atoms with Crippen molar-refractivity contribution in [2.45, 2.75) is 38.0 Å². The number of benzene rings is 1. The Hall–Kier alpha value is -2.52. The summed E-state index contributed by atoms with van der Waals surface area (Å²) < 4.78 is 21.5. The summed E-state index contributed by atoms with van der Waals surface area (Å²) in [6.07, 6.45) is -1.28. The first-order valence-corrected chi connectivity index (χ1v) is 8.64. The van der Waals surface area contributed by atoms with E-state index >= 15 is 0 Å². The standard InChI is InChI=1S/C18H23N3O6/c1-17(2)26-11-14(27-17)13-9-19-21-18(13,15(22)24-3)20-16(23)25-10-12-7-5-4-6-8-12/h4-8,13-14H,9-11H2,1-3H3,(H,20,23)/t13-,14+,18+/m0/s1. The highest BCUT2D eigenvalue weighted by atomic mass is 16.7. The largest absolute Gasteiger partial charge is 0.466 e. The van der Waals surface area contributed by atoms with Crippen LogP contribution in [0.15, 0.2) is 40.6 Å². The molecule has 0 spiro atoms. The molecule has 1 saturated heterocycles. The van der Waals surface area contributed by atoms with E-state index in [4.69, 9.17) is 18.9 Å². The van der Waals surface area contributed by atoms with Crippen LogP contribution in [0.4, 0.5) is 4.79 Å². The van der Waals surface area contributed by atoms with E-state index in [1.165, 1.54) is 7.11 Å². The first-order chi connectivity index (χ1) is 12.9. The molecule has 1 fully saturated rings. The molecular weight excluding hydrogens is 354 g/mol. The molecule has 1 amide bonds. The van der Waals surface area contributed by atoms with Gasteiger partial charge in [0.25, 0.3) is 5.66 Å². The van der Waals surface area contributed by atoms with E-state index in [1.807, 2.05) is 30.3 Å². The molecule has 0 unspecified atom stereocenters. The molecular formula is C18H23N3O6. The van der Waals surface area contributed by atoms with Crippen LogP contribution in [0.2, 0.25) is 0 Å². The average Bonchev–Trinajstić information content (AvgIpc) is 3.23. The fourth-order valence-corrected chi connectivity index (χ4v) is 3.18. The molecule has 0 bridgehead atoms. The maximum atomic E-state index is 12.5. The zero-order chi connectivity index (χ0) is 19.5. The molecule has 2 aliphatic heterocycles. The van der Waals surface area contributed by atoms with E-state index in [1.54, 1.807) is 13.8 Å². The molecule has 0 aliphatic carbocycles. The van der Waals surface area contributed by atoms with Crippen LogP contribution in [0.25, 0.3) is 0 Å². The minimum absolute atomic E-state index is 0.0573. The van der Waals surface area contributed by atoms with Crippen molar-refractivity contribution in [3.05, 3.63) is 35.9 Å². The lowest BCUT2D eigenvalue weighted by molar-refractivity contribution is -0.160. The number of nitrogens with zero attached hydrogens (tertiary/aromatic N) is 2. The predicted octanol–water partition coefficient (Wildman–Crippen LogP) is 2.02. The third kappa shape index (κ3) is 4.09. The van der Waals surface area contributed by atoms with Crippen molar-refractivity contribution in [2.24, 2.45) is 16.1 Å². The Kier molecular flexibility index (Phi) is 5.43. The number of azo groups is 1. The molecule has 1 aromatic rings. The van der Waals surface area contributed by atoms with Gasteiger partial charge in [-0.2, -0.15) is 10.2 Å². The molecule has 9 heteroatoms. The Labute approximate surface area is 157 Å². The highest BCUT2D eigenvalue weighted by Crippen LogP contribution is 2.37. The van der Waals surface area contributed by atoms with Crippen molar-refractivity contribution in [1.82, 2.24) is 5.32 Å². The van der Waals surface area contributed by atoms with Gasteiger partial charge >= 0.3 is 12.1 Å². The van der Waals surface area contributed by atoms with Gasteiger partial charge in [-0.1, -0.05) is 30.3 Å². The Bertz CT molecular complexity index is 723. The number of hydrogen-bond acceptors (Lipinski definition) is 8. The normalized spacial score (nSPS) is 28.7. The van der Waals surface area contributed by atoms with Crippen LogP contribution in [-0.2, 0) is 30.3 Å². The van der Waals surface area contributed by atoms with Gasteiger partial charge in [-0.05, 0) is 19.4 Å². The Balaban J connectivity index is 1.73. The van der Waals surface area contributed by atoms with Crippen LogP contribution >= 0.6 is 0 Å². The second-order valence-corrected chi connectivity index (χ2v) is 6.84. The molecule has 2 heterocycles. The van der Waals surface area contributed by atoms with Gasteiger partial charge in [-0.25, -0.2) is 9.59 Å². The lowest BCUT2D eigenvalue weighted by Gasteiger charge is -2.32. The maximum absolute atomic E-state index is 12.5. The highest BCUT2D eigenvalue weighted by Gasteiger charge is 2.58. The quantitative estimate of drug-likeness (QED) is 0.787. The number of alkyl carbamates (subject to hydrolysis) is 1. The first kappa shape index (κ1) is 19.2. The van der Waals surface area contributed by atoms with Gasteiger partial charge in [-0.15, -0.1) is 0 Å². The smallest absolute Gasteiger partial charge is 0.409 e. The molecule has 1 aromatic carbocycles. The fourth-order valence-electron chi connectivity index (χ4n) is 3.18. The van der Waals surface area contributed by atoms with Gasteiger partial charge in [0.1, 0.15) is 6.61 Å². The molecule has 3 atom stereocenters. The van der Waals surface area contributed by atoms with Crippen molar-refractivity contribution >= 4 is 12.1 Å².